The predicted molar refractivity (Wildman–Crippen MR) is 566 cm³/mol. The molecular formula is C127H173N9. The molecule has 0 fully saturated rings. The maximum Gasteiger partial charge on any atom is 0.0441 e. The third-order valence-electron chi connectivity index (χ3n) is 35.3. The van der Waals surface area contributed by atoms with Crippen LogP contribution in [0.25, 0.3) is 0 Å². The van der Waals surface area contributed by atoms with Crippen LogP contribution in [0.2, 0.25) is 0 Å². The molecule has 0 unspecified atom stereocenters. The van der Waals surface area contributed by atoms with Gasteiger partial charge < -0.3 is 5.73 Å². The number of rotatable bonds is 3. The van der Waals surface area contributed by atoms with Gasteiger partial charge in [0.2, 0.25) is 0 Å². The van der Waals surface area contributed by atoms with E-state index in [1.807, 2.05) is 0 Å². The third kappa shape index (κ3) is 24.2. The number of benzene rings is 1. The van der Waals surface area contributed by atoms with Crippen molar-refractivity contribution in [2.24, 2.45) is 0 Å². The predicted octanol–water partition coefficient (Wildman–Crippen LogP) is 28.7. The van der Waals surface area contributed by atoms with Gasteiger partial charge in [0.1, 0.15) is 0 Å². The number of fused-ring (bicyclic) bond motifs is 18. The first-order valence-corrected chi connectivity index (χ1v) is 58.2. The van der Waals surface area contributed by atoms with Crippen LogP contribution in [0.1, 0.15) is 490 Å². The van der Waals surface area contributed by atoms with Gasteiger partial charge in [-0.1, -0.05) is 95.2 Å². The Balaban J connectivity index is 0.0000000983. The highest BCUT2D eigenvalue weighted by molar-refractivity contribution is 5.62. The molecule has 18 aliphatic carbocycles. The second-order valence-corrected chi connectivity index (χ2v) is 44.9. The van der Waals surface area contributed by atoms with Gasteiger partial charge in [-0.3, -0.25) is 39.9 Å². The summed E-state index contributed by atoms with van der Waals surface area (Å²) in [4.78, 5) is 39.3. The Hall–Kier alpha value is -7.78. The Kier molecular flexibility index (Phi) is 34.7. The lowest BCUT2D eigenvalue weighted by molar-refractivity contribution is 0.587. The van der Waals surface area contributed by atoms with E-state index in [1.165, 1.54) is 614 Å². The van der Waals surface area contributed by atoms with Crippen LogP contribution in [0.4, 0.5) is 5.69 Å². The van der Waals surface area contributed by atoms with Crippen LogP contribution in [-0.4, -0.2) is 39.9 Å². The van der Waals surface area contributed by atoms with Crippen LogP contribution >= 0.6 is 0 Å². The summed E-state index contributed by atoms with van der Waals surface area (Å²) in [6.45, 7) is 6.96. The fourth-order valence-corrected chi connectivity index (χ4v) is 27.8. The number of hydrogen-bond donors (Lipinski definition) is 1. The number of hydrogen-bond acceptors (Lipinski definition) is 9. The van der Waals surface area contributed by atoms with Gasteiger partial charge in [0.05, 0.1) is 0 Å². The number of anilines is 1. The normalized spacial score (nSPS) is 19.7. The molecule has 1 aromatic carbocycles. The summed E-state index contributed by atoms with van der Waals surface area (Å²) in [5.41, 5.74) is 66.7. The van der Waals surface area contributed by atoms with Crippen molar-refractivity contribution < 1.29 is 0 Å². The number of nitrogens with zero attached hydrogens (tertiary/aromatic N) is 8. The Morgan fingerprint density at radius 1 is 0.169 bits per heavy atom. The quantitative estimate of drug-likeness (QED) is 0.136. The highest BCUT2D eigenvalue weighted by Gasteiger charge is 2.30. The van der Waals surface area contributed by atoms with Crippen LogP contribution in [-0.2, 0) is 244 Å². The van der Waals surface area contributed by atoms with Crippen molar-refractivity contribution >= 4 is 5.69 Å². The summed E-state index contributed by atoms with van der Waals surface area (Å²) in [5.74, 6) is 0. The van der Waals surface area contributed by atoms with Gasteiger partial charge in [-0.2, -0.15) is 0 Å². The van der Waals surface area contributed by atoms with E-state index in [1.54, 1.807) is 106 Å². The van der Waals surface area contributed by atoms with Crippen molar-refractivity contribution in [3.05, 3.63) is 255 Å². The van der Waals surface area contributed by atoms with E-state index in [2.05, 4.69) is 57.2 Å². The SMILES string of the molecule is CCCc1c2c(nc3c1CCCC3)CCCC2.CCc1c2c(nc3c1CCCC3)CCCC2.Cc1c2c(nc3c1CCCC3)CCCC2.Nc1c2c(cc3c1CCCC3)CCCC2.c1c2c(nc3c1CCC3)CCC2.c1c2c(nc3c1CCC3)CCCC2.c1c2c(nc3c1CCCC3)CCCC2.c1c2c(nc3c1CCCCC3)CCCCC2.c1c2c(nc3c1CCCCCC3)CCCCCC2. The Labute approximate surface area is 822 Å². The fourth-order valence-electron chi connectivity index (χ4n) is 27.8. The lowest BCUT2D eigenvalue weighted by atomic mass is 9.82. The Morgan fingerprint density at radius 2 is 0.331 bits per heavy atom. The molecule has 8 aromatic heterocycles. The molecular weight excluding hydrogens is 1650 g/mol. The Morgan fingerprint density at radius 3 is 0.588 bits per heavy atom. The van der Waals surface area contributed by atoms with Crippen molar-refractivity contribution in [3.8, 4) is 0 Å². The summed E-state index contributed by atoms with van der Waals surface area (Å²) in [7, 11) is 0. The van der Waals surface area contributed by atoms with E-state index < -0.39 is 0 Å². The molecule has 9 aromatic rings. The summed E-state index contributed by atoms with van der Waals surface area (Å²) in [5, 5.41) is 0. The minimum atomic E-state index is 1.15. The van der Waals surface area contributed by atoms with E-state index >= 15 is 0 Å². The number of aryl methyl sites for hydroxylation is 28. The van der Waals surface area contributed by atoms with Gasteiger partial charge in [-0.25, -0.2) is 0 Å². The van der Waals surface area contributed by atoms with Gasteiger partial charge >= 0.3 is 0 Å². The van der Waals surface area contributed by atoms with Crippen molar-refractivity contribution in [3.63, 3.8) is 0 Å². The van der Waals surface area contributed by atoms with E-state index in [-0.39, 0.29) is 0 Å². The van der Waals surface area contributed by atoms with E-state index in [9.17, 15) is 0 Å². The maximum atomic E-state index is 6.32. The number of aromatic nitrogens is 8. The van der Waals surface area contributed by atoms with Crippen LogP contribution in [0.15, 0.2) is 36.4 Å². The minimum Gasteiger partial charge on any atom is -0.398 e. The number of pyridine rings is 8. The average molecular weight is 1830 g/mol. The second kappa shape index (κ2) is 48.6. The Bertz CT molecular complexity index is 5060. The van der Waals surface area contributed by atoms with Crippen LogP contribution in [0.5, 0.6) is 0 Å². The first-order chi connectivity index (χ1) is 67.2. The van der Waals surface area contributed by atoms with Crippen molar-refractivity contribution in [1.82, 2.24) is 39.9 Å². The molecule has 0 radical (unpaired) electrons. The average Bonchev–Trinajstić information content (AvgIpc) is 0.782. The largest absolute Gasteiger partial charge is 0.398 e. The minimum absolute atomic E-state index is 1.15. The van der Waals surface area contributed by atoms with E-state index in [4.69, 9.17) is 45.6 Å². The zero-order valence-electron chi connectivity index (χ0n) is 85.8. The summed E-state index contributed by atoms with van der Waals surface area (Å²) >= 11 is 0. The third-order valence-corrected chi connectivity index (χ3v) is 35.3. The molecule has 18 aliphatic rings. The zero-order chi connectivity index (χ0) is 92.1. The molecule has 0 bridgehead atoms. The van der Waals surface area contributed by atoms with Crippen molar-refractivity contribution in [2.45, 2.75) is 522 Å². The molecule has 27 rings (SSSR count). The van der Waals surface area contributed by atoms with Crippen molar-refractivity contribution in [2.75, 3.05) is 5.73 Å². The molecule has 0 saturated carbocycles. The van der Waals surface area contributed by atoms with Crippen molar-refractivity contribution in [1.29, 1.82) is 0 Å². The molecule has 0 amide bonds. The molecule has 0 spiro atoms. The topological polar surface area (TPSA) is 129 Å². The molecule has 0 atom stereocenters. The molecule has 9 heteroatoms. The number of nitrogen functional groups attached to an aromatic ring is 1. The highest BCUT2D eigenvalue weighted by Crippen LogP contribution is 2.41. The zero-order valence-corrected chi connectivity index (χ0v) is 85.8. The lowest BCUT2D eigenvalue weighted by Gasteiger charge is -2.26. The fraction of sp³-hybridized carbons (Fsp3) is 0.638. The molecule has 0 saturated heterocycles. The molecule has 9 nitrogen and oxygen atoms in total. The van der Waals surface area contributed by atoms with Gasteiger partial charge in [0, 0.05) is 96.8 Å². The summed E-state index contributed by atoms with van der Waals surface area (Å²) < 4.78 is 0. The van der Waals surface area contributed by atoms with Crippen LogP contribution in [0.3, 0.4) is 0 Å². The first-order valence-electron chi connectivity index (χ1n) is 58.2. The molecule has 2 N–H and O–H groups in total. The van der Waals surface area contributed by atoms with Crippen LogP contribution < -0.4 is 5.73 Å². The molecule has 136 heavy (non-hydrogen) atoms. The molecule has 8 heterocycles. The molecule has 0 aliphatic heterocycles. The van der Waals surface area contributed by atoms with Gasteiger partial charge in [-0.05, 0) is 591 Å². The maximum absolute atomic E-state index is 6.32. The van der Waals surface area contributed by atoms with Gasteiger partial charge in [0.25, 0.3) is 0 Å². The lowest BCUT2D eigenvalue weighted by Crippen LogP contribution is -2.17. The highest BCUT2D eigenvalue weighted by atomic mass is 14.8. The first kappa shape index (κ1) is 97.1. The van der Waals surface area contributed by atoms with Gasteiger partial charge in [0.15, 0.2) is 0 Å². The van der Waals surface area contributed by atoms with Gasteiger partial charge in [-0.15, -0.1) is 0 Å². The molecule has 726 valence electrons. The second-order valence-electron chi connectivity index (χ2n) is 44.9. The summed E-state index contributed by atoms with van der Waals surface area (Å²) in [6.07, 6.45) is 102. The standard InChI is InChI=1S/C17H25N.C16H23N.2C15H21N.2C14H19N.C13H17N.C12H15N.C11H13N/c1-3-7-11-16-14(9-5-1)13-15-10-6-2-4-8-12-17(15)18-16;1-2-7-12-13-8-3-5-10-15(13)17-16-11-6-4-9-14(12)16;1-3-7-12-11-13-8-4-2-6-10-15(13)16-14(12)9-5-1;1-2-11-12-7-3-5-9-14(12)16-15-10-6-4-8-13(11)15;1-10-11-6-2-4-8-13(11)15-14-9-5-3-7-12(10)14;15-14-12-7-3-1-5-10(12)9-11-6-2-4-8-13(11)14;1-3-7-12-10(5-1)9-11-6-2-4-8-13(11)14-12;1-2-6-11-9(4-1)8-10-5-3-7-12(10)13-11;1-3-8-7-9-4-2-6-11(9)12-10(8)5-1/h13H,1-12H2;2-11H2,1H3;11H,1-10H2;2-10H2,1H3;2-9H2,1H3;9H,1-8,15H2;9H,1-8H2;8H,1-7H2;7H,1-6H2. The van der Waals surface area contributed by atoms with E-state index in [0.717, 1.165) is 5.69 Å². The van der Waals surface area contributed by atoms with E-state index in [0.29, 0.717) is 0 Å². The smallest absolute Gasteiger partial charge is 0.0441 e. The number of nitrogens with two attached hydrogens (primary N) is 1. The monoisotopic (exact) mass is 1820 g/mol. The van der Waals surface area contributed by atoms with Crippen LogP contribution in [0, 0.1) is 6.92 Å². The summed E-state index contributed by atoms with van der Waals surface area (Å²) in [6, 6.07) is 14.8.